The number of piperidine rings is 1. The lowest BCUT2D eigenvalue weighted by atomic mass is 9.78. The number of likely N-dealkylation sites (tertiary alicyclic amines) is 1. The van der Waals surface area contributed by atoms with E-state index in [9.17, 15) is 18.0 Å². The van der Waals surface area contributed by atoms with Crippen LogP contribution in [0.1, 0.15) is 19.3 Å². The van der Waals surface area contributed by atoms with Crippen LogP contribution in [0, 0.1) is 5.41 Å². The van der Waals surface area contributed by atoms with E-state index >= 15 is 0 Å². The van der Waals surface area contributed by atoms with Gasteiger partial charge in [0, 0.05) is 13.1 Å². The third kappa shape index (κ3) is 4.07. The highest BCUT2D eigenvalue weighted by Gasteiger charge is 2.40. The molecule has 0 aliphatic carbocycles. The second-order valence-electron chi connectivity index (χ2n) is 5.42. The van der Waals surface area contributed by atoms with Gasteiger partial charge in [0.2, 0.25) is 5.91 Å². The number of alkyl halides is 3. The molecule has 0 aromatic carbocycles. The minimum atomic E-state index is -4.37. The fourth-order valence-corrected chi connectivity index (χ4v) is 2.86. The number of carbonyl (C=O) groups is 1. The van der Waals surface area contributed by atoms with Gasteiger partial charge >= 0.3 is 6.18 Å². The number of hydrogen-bond acceptors (Lipinski definition) is 3. The zero-order chi connectivity index (χ0) is 13.9. The first kappa shape index (κ1) is 14.6. The van der Waals surface area contributed by atoms with Gasteiger partial charge in [0.05, 0.1) is 0 Å². The van der Waals surface area contributed by atoms with Crippen molar-refractivity contribution in [2.24, 2.45) is 5.41 Å². The lowest BCUT2D eigenvalue weighted by Crippen LogP contribution is -2.40. The predicted molar refractivity (Wildman–Crippen MR) is 62.6 cm³/mol. The van der Waals surface area contributed by atoms with Crippen LogP contribution in [0.2, 0.25) is 0 Å². The second kappa shape index (κ2) is 5.66. The van der Waals surface area contributed by atoms with Gasteiger partial charge in [-0.3, -0.25) is 4.79 Å². The number of nitrogens with one attached hydrogen (secondary N) is 1. The molecule has 1 spiro atoms. The van der Waals surface area contributed by atoms with Crippen molar-refractivity contribution in [2.75, 3.05) is 39.4 Å². The summed E-state index contributed by atoms with van der Waals surface area (Å²) in [6, 6.07) is 0. The van der Waals surface area contributed by atoms with E-state index in [-0.39, 0.29) is 11.3 Å². The van der Waals surface area contributed by atoms with Crippen molar-refractivity contribution in [2.45, 2.75) is 25.4 Å². The van der Waals surface area contributed by atoms with Crippen LogP contribution in [0.25, 0.3) is 0 Å². The van der Waals surface area contributed by atoms with Gasteiger partial charge < -0.3 is 15.0 Å². The summed E-state index contributed by atoms with van der Waals surface area (Å²) in [5.74, 6) is -0.334. The molecular formula is C12H19F3N2O2. The molecule has 0 radical (unpaired) electrons. The first-order valence-corrected chi connectivity index (χ1v) is 6.53. The van der Waals surface area contributed by atoms with Crippen LogP contribution in [0.15, 0.2) is 0 Å². The van der Waals surface area contributed by atoms with Gasteiger partial charge in [-0.05, 0) is 37.8 Å². The molecule has 2 heterocycles. The van der Waals surface area contributed by atoms with E-state index in [1.165, 1.54) is 0 Å². The SMILES string of the molecule is O=C(COCC(F)(F)F)N1CCC2(CCNCC2)C1. The molecule has 1 amide bonds. The third-order valence-electron chi connectivity index (χ3n) is 3.95. The molecule has 2 saturated heterocycles. The molecule has 0 atom stereocenters. The Kier molecular flexibility index (Phi) is 4.35. The molecule has 0 aromatic rings. The highest BCUT2D eigenvalue weighted by atomic mass is 19.4. The van der Waals surface area contributed by atoms with Gasteiger partial charge in [-0.2, -0.15) is 13.2 Å². The van der Waals surface area contributed by atoms with Gasteiger partial charge in [-0.1, -0.05) is 0 Å². The van der Waals surface area contributed by atoms with Crippen LogP contribution in [-0.4, -0.2) is 56.4 Å². The summed E-state index contributed by atoms with van der Waals surface area (Å²) in [7, 11) is 0. The average molecular weight is 280 g/mol. The predicted octanol–water partition coefficient (Wildman–Crippen LogP) is 1.17. The summed E-state index contributed by atoms with van der Waals surface area (Å²) in [4.78, 5) is 13.4. The van der Waals surface area contributed by atoms with Crippen molar-refractivity contribution < 1.29 is 22.7 Å². The normalized spacial score (nSPS) is 23.0. The van der Waals surface area contributed by atoms with E-state index in [2.05, 4.69) is 10.1 Å². The second-order valence-corrected chi connectivity index (χ2v) is 5.42. The van der Waals surface area contributed by atoms with Crippen molar-refractivity contribution >= 4 is 5.91 Å². The smallest absolute Gasteiger partial charge is 0.362 e. The lowest BCUT2D eigenvalue weighted by Gasteiger charge is -2.33. The highest BCUT2D eigenvalue weighted by Crippen LogP contribution is 2.38. The molecular weight excluding hydrogens is 261 g/mol. The molecule has 2 aliphatic heterocycles. The minimum Gasteiger partial charge on any atom is -0.362 e. The van der Waals surface area contributed by atoms with Crippen LogP contribution in [0.4, 0.5) is 13.2 Å². The number of carbonyl (C=O) groups excluding carboxylic acids is 1. The van der Waals surface area contributed by atoms with Crippen molar-refractivity contribution in [3.05, 3.63) is 0 Å². The number of amides is 1. The molecule has 7 heteroatoms. The van der Waals surface area contributed by atoms with Crippen LogP contribution in [0.5, 0.6) is 0 Å². The Morgan fingerprint density at radius 2 is 1.95 bits per heavy atom. The van der Waals surface area contributed by atoms with Gasteiger partial charge in [0.15, 0.2) is 0 Å². The molecule has 0 saturated carbocycles. The summed E-state index contributed by atoms with van der Waals surface area (Å²) in [5.41, 5.74) is 0.172. The van der Waals surface area contributed by atoms with Gasteiger partial charge in [0.1, 0.15) is 13.2 Å². The molecule has 0 aromatic heterocycles. The average Bonchev–Trinajstić information content (AvgIpc) is 2.72. The van der Waals surface area contributed by atoms with Gasteiger partial charge in [-0.15, -0.1) is 0 Å². The summed E-state index contributed by atoms with van der Waals surface area (Å²) in [5, 5.41) is 3.28. The van der Waals surface area contributed by atoms with Crippen molar-refractivity contribution in [3.63, 3.8) is 0 Å². The van der Waals surface area contributed by atoms with Crippen molar-refractivity contribution in [3.8, 4) is 0 Å². The number of halogens is 3. The van der Waals surface area contributed by atoms with Crippen LogP contribution < -0.4 is 5.32 Å². The number of hydrogen-bond donors (Lipinski definition) is 1. The van der Waals surface area contributed by atoms with Crippen molar-refractivity contribution in [1.82, 2.24) is 10.2 Å². The zero-order valence-electron chi connectivity index (χ0n) is 10.8. The molecule has 0 unspecified atom stereocenters. The summed E-state index contributed by atoms with van der Waals surface area (Å²) < 4.78 is 40.2. The Morgan fingerprint density at radius 1 is 1.26 bits per heavy atom. The largest absolute Gasteiger partial charge is 0.411 e. The van der Waals surface area contributed by atoms with E-state index in [4.69, 9.17) is 0 Å². The van der Waals surface area contributed by atoms with Gasteiger partial charge in [-0.25, -0.2) is 0 Å². The summed E-state index contributed by atoms with van der Waals surface area (Å²) in [6.45, 7) is 1.35. The molecule has 2 aliphatic rings. The Hall–Kier alpha value is -0.820. The van der Waals surface area contributed by atoms with E-state index in [1.54, 1.807) is 4.90 Å². The maximum absolute atomic E-state index is 11.9. The fourth-order valence-electron chi connectivity index (χ4n) is 2.86. The number of ether oxygens (including phenoxy) is 1. The molecule has 19 heavy (non-hydrogen) atoms. The van der Waals surface area contributed by atoms with E-state index in [1.807, 2.05) is 0 Å². The standard InChI is InChI=1S/C12H19F3N2O2/c13-12(14,15)9-19-7-10(18)17-6-3-11(8-17)1-4-16-5-2-11/h16H,1-9H2. The maximum Gasteiger partial charge on any atom is 0.411 e. The summed E-state index contributed by atoms with van der Waals surface area (Å²) in [6.07, 6.45) is -1.37. The maximum atomic E-state index is 11.9. The molecule has 4 nitrogen and oxygen atoms in total. The topological polar surface area (TPSA) is 41.6 Å². The fraction of sp³-hybridized carbons (Fsp3) is 0.917. The third-order valence-corrected chi connectivity index (χ3v) is 3.95. The van der Waals surface area contributed by atoms with Crippen molar-refractivity contribution in [1.29, 1.82) is 0 Å². The minimum absolute atomic E-state index is 0.172. The van der Waals surface area contributed by atoms with E-state index in [0.717, 1.165) is 32.4 Å². The highest BCUT2D eigenvalue weighted by molar-refractivity contribution is 5.77. The van der Waals surface area contributed by atoms with Crippen LogP contribution in [-0.2, 0) is 9.53 Å². The quantitative estimate of drug-likeness (QED) is 0.843. The Morgan fingerprint density at radius 3 is 2.58 bits per heavy atom. The Bertz CT molecular complexity index is 327. The monoisotopic (exact) mass is 280 g/mol. The lowest BCUT2D eigenvalue weighted by molar-refractivity contribution is -0.177. The first-order chi connectivity index (χ1) is 8.90. The van der Waals surface area contributed by atoms with Crippen LogP contribution >= 0.6 is 0 Å². The Balaban J connectivity index is 1.75. The Labute approximate surface area is 110 Å². The van der Waals surface area contributed by atoms with Crippen LogP contribution in [0.3, 0.4) is 0 Å². The zero-order valence-corrected chi connectivity index (χ0v) is 10.8. The molecule has 110 valence electrons. The first-order valence-electron chi connectivity index (χ1n) is 6.53. The van der Waals surface area contributed by atoms with E-state index < -0.39 is 19.4 Å². The molecule has 2 rings (SSSR count). The molecule has 2 fully saturated rings. The van der Waals surface area contributed by atoms with Gasteiger partial charge in [0.25, 0.3) is 0 Å². The van der Waals surface area contributed by atoms with E-state index in [0.29, 0.717) is 13.1 Å². The molecule has 1 N–H and O–H groups in total. The number of nitrogens with zero attached hydrogens (tertiary/aromatic N) is 1. The summed E-state index contributed by atoms with van der Waals surface area (Å²) >= 11 is 0. The molecule has 0 bridgehead atoms. The number of rotatable bonds is 3.